The Morgan fingerprint density at radius 1 is 1.54 bits per heavy atom. The first-order valence-electron chi connectivity index (χ1n) is 4.24. The van der Waals surface area contributed by atoms with Gasteiger partial charge in [0.2, 0.25) is 0 Å². The lowest BCUT2D eigenvalue weighted by atomic mass is 10.1. The van der Waals surface area contributed by atoms with Gasteiger partial charge < -0.3 is 4.74 Å². The Morgan fingerprint density at radius 2 is 2.38 bits per heavy atom. The first-order valence-corrected chi connectivity index (χ1v) is 5.22. The van der Waals surface area contributed by atoms with E-state index in [4.69, 9.17) is 4.74 Å². The van der Waals surface area contributed by atoms with Crippen LogP contribution in [-0.2, 0) is 0 Å². The molecule has 0 radical (unpaired) electrons. The topological polar surface area (TPSA) is 26.3 Å². The molecule has 0 spiro atoms. The Bertz CT molecular complexity index is 347. The van der Waals surface area contributed by atoms with E-state index in [0.717, 1.165) is 16.2 Å². The molecule has 0 aromatic heterocycles. The fourth-order valence-electron chi connectivity index (χ4n) is 1.33. The minimum absolute atomic E-state index is 0.225. The molecule has 0 saturated carbocycles. The van der Waals surface area contributed by atoms with Crippen LogP contribution < -0.4 is 4.74 Å². The van der Waals surface area contributed by atoms with Crippen LogP contribution in [0.4, 0.5) is 0 Å². The van der Waals surface area contributed by atoms with Gasteiger partial charge in [0.15, 0.2) is 5.78 Å². The molecule has 0 N–H and O–H groups in total. The number of ether oxygens (including phenoxy) is 1. The number of ketones is 1. The Kier molecular flexibility index (Phi) is 2.27. The third-order valence-corrected chi connectivity index (χ3v) is 2.98. The van der Waals surface area contributed by atoms with Crippen molar-refractivity contribution in [2.75, 3.05) is 12.4 Å². The summed E-state index contributed by atoms with van der Waals surface area (Å²) in [6, 6.07) is 5.64. The van der Waals surface area contributed by atoms with E-state index in [0.29, 0.717) is 12.4 Å². The van der Waals surface area contributed by atoms with Crippen molar-refractivity contribution >= 4 is 17.5 Å². The molecule has 0 fully saturated rings. The van der Waals surface area contributed by atoms with Gasteiger partial charge in [0.25, 0.3) is 0 Å². The quantitative estimate of drug-likeness (QED) is 0.723. The summed E-state index contributed by atoms with van der Waals surface area (Å²) in [7, 11) is 0. The number of rotatable bonds is 2. The van der Waals surface area contributed by atoms with Gasteiger partial charge in [0.1, 0.15) is 5.75 Å². The number of Topliss-reactive ketones (excluding diaryl/α,β-unsaturated/α-hetero) is 1. The molecule has 1 aromatic carbocycles. The molecule has 68 valence electrons. The first-order chi connectivity index (χ1) is 6.31. The van der Waals surface area contributed by atoms with Crippen molar-refractivity contribution in [1.82, 2.24) is 0 Å². The van der Waals surface area contributed by atoms with Crippen molar-refractivity contribution in [3.8, 4) is 5.75 Å². The Hall–Kier alpha value is -0.960. The number of hydrogen-bond acceptors (Lipinski definition) is 3. The standard InChI is InChI=1S/C10H10O2S/c1-2-12-7-3-4-8-9(11)6-13-10(8)5-7/h3-5H,2,6H2,1H3. The third-order valence-electron chi connectivity index (χ3n) is 1.92. The van der Waals surface area contributed by atoms with E-state index in [-0.39, 0.29) is 5.78 Å². The van der Waals surface area contributed by atoms with Crippen molar-refractivity contribution < 1.29 is 9.53 Å². The van der Waals surface area contributed by atoms with E-state index >= 15 is 0 Å². The van der Waals surface area contributed by atoms with Crippen molar-refractivity contribution in [3.05, 3.63) is 23.8 Å². The van der Waals surface area contributed by atoms with Crippen LogP contribution in [0.25, 0.3) is 0 Å². The zero-order valence-corrected chi connectivity index (χ0v) is 8.19. The minimum atomic E-state index is 0.225. The number of thioether (sulfide) groups is 1. The van der Waals surface area contributed by atoms with Gasteiger partial charge in [-0.25, -0.2) is 0 Å². The molecule has 2 nitrogen and oxygen atoms in total. The lowest BCUT2D eigenvalue weighted by molar-refractivity contribution is 0.102. The smallest absolute Gasteiger partial charge is 0.174 e. The Morgan fingerprint density at radius 3 is 3.15 bits per heavy atom. The lowest BCUT2D eigenvalue weighted by Crippen LogP contribution is -1.95. The highest BCUT2D eigenvalue weighted by Crippen LogP contribution is 2.33. The van der Waals surface area contributed by atoms with Gasteiger partial charge in [0.05, 0.1) is 12.4 Å². The predicted octanol–water partition coefficient (Wildman–Crippen LogP) is 2.37. The molecule has 0 amide bonds. The Balaban J connectivity index is 2.34. The van der Waals surface area contributed by atoms with Crippen molar-refractivity contribution in [2.24, 2.45) is 0 Å². The fraction of sp³-hybridized carbons (Fsp3) is 0.300. The van der Waals surface area contributed by atoms with E-state index in [1.165, 1.54) is 0 Å². The second-order valence-electron chi connectivity index (χ2n) is 2.80. The number of hydrogen-bond donors (Lipinski definition) is 0. The molecule has 3 heteroatoms. The summed E-state index contributed by atoms with van der Waals surface area (Å²) in [5, 5.41) is 0. The molecule has 0 saturated heterocycles. The number of benzene rings is 1. The van der Waals surface area contributed by atoms with Crippen LogP contribution in [-0.4, -0.2) is 18.1 Å². The second-order valence-corrected chi connectivity index (χ2v) is 3.82. The van der Waals surface area contributed by atoms with Gasteiger partial charge in [-0.15, -0.1) is 11.8 Å². The Labute approximate surface area is 81.3 Å². The minimum Gasteiger partial charge on any atom is -0.494 e. The van der Waals surface area contributed by atoms with Crippen LogP contribution >= 0.6 is 11.8 Å². The first kappa shape index (κ1) is 8.63. The molecule has 0 bridgehead atoms. The van der Waals surface area contributed by atoms with Gasteiger partial charge in [-0.3, -0.25) is 4.79 Å². The normalized spacial score (nSPS) is 14.4. The molecule has 1 aliphatic heterocycles. The summed E-state index contributed by atoms with van der Waals surface area (Å²) < 4.78 is 5.34. The summed E-state index contributed by atoms with van der Waals surface area (Å²) in [5.41, 5.74) is 0.841. The van der Waals surface area contributed by atoms with Crippen LogP contribution in [0.15, 0.2) is 23.1 Å². The van der Waals surface area contributed by atoms with Gasteiger partial charge in [0, 0.05) is 10.5 Å². The van der Waals surface area contributed by atoms with Crippen LogP contribution in [0.5, 0.6) is 5.75 Å². The molecule has 0 aliphatic carbocycles. The van der Waals surface area contributed by atoms with Crippen LogP contribution in [0, 0.1) is 0 Å². The van der Waals surface area contributed by atoms with Crippen molar-refractivity contribution in [1.29, 1.82) is 0 Å². The summed E-state index contributed by atoms with van der Waals surface area (Å²) in [4.78, 5) is 12.3. The monoisotopic (exact) mass is 194 g/mol. The summed E-state index contributed by atoms with van der Waals surface area (Å²) in [6.45, 7) is 2.61. The third kappa shape index (κ3) is 1.56. The zero-order valence-electron chi connectivity index (χ0n) is 7.37. The molecule has 13 heavy (non-hydrogen) atoms. The van der Waals surface area contributed by atoms with E-state index in [1.54, 1.807) is 11.8 Å². The highest BCUT2D eigenvalue weighted by Gasteiger charge is 2.20. The molecule has 1 aliphatic rings. The number of carbonyl (C=O) groups is 1. The van der Waals surface area contributed by atoms with E-state index < -0.39 is 0 Å². The maximum atomic E-state index is 11.3. The maximum Gasteiger partial charge on any atom is 0.174 e. The van der Waals surface area contributed by atoms with Crippen LogP contribution in [0.2, 0.25) is 0 Å². The van der Waals surface area contributed by atoms with Gasteiger partial charge in [-0.1, -0.05) is 0 Å². The lowest BCUT2D eigenvalue weighted by Gasteiger charge is -2.03. The van der Waals surface area contributed by atoms with Crippen LogP contribution in [0.1, 0.15) is 17.3 Å². The number of carbonyl (C=O) groups excluding carboxylic acids is 1. The fourth-order valence-corrected chi connectivity index (χ4v) is 2.31. The molecular weight excluding hydrogens is 184 g/mol. The second kappa shape index (κ2) is 3.42. The van der Waals surface area contributed by atoms with Crippen LogP contribution in [0.3, 0.4) is 0 Å². The van der Waals surface area contributed by atoms with Crippen molar-refractivity contribution in [3.63, 3.8) is 0 Å². The highest BCUT2D eigenvalue weighted by atomic mass is 32.2. The van der Waals surface area contributed by atoms with E-state index in [2.05, 4.69) is 0 Å². The van der Waals surface area contributed by atoms with Gasteiger partial charge >= 0.3 is 0 Å². The van der Waals surface area contributed by atoms with Gasteiger partial charge in [-0.05, 0) is 25.1 Å². The van der Waals surface area contributed by atoms with Gasteiger partial charge in [-0.2, -0.15) is 0 Å². The number of fused-ring (bicyclic) bond motifs is 1. The average Bonchev–Trinajstić information content (AvgIpc) is 2.48. The SMILES string of the molecule is CCOc1ccc2c(c1)SCC2=O. The molecule has 0 atom stereocenters. The molecule has 0 unspecified atom stereocenters. The summed E-state index contributed by atoms with van der Waals surface area (Å²) in [5.74, 6) is 1.65. The zero-order chi connectivity index (χ0) is 9.26. The molecule has 2 rings (SSSR count). The van der Waals surface area contributed by atoms with E-state index in [9.17, 15) is 4.79 Å². The summed E-state index contributed by atoms with van der Waals surface area (Å²) in [6.07, 6.45) is 0. The largest absolute Gasteiger partial charge is 0.494 e. The summed E-state index contributed by atoms with van der Waals surface area (Å²) >= 11 is 1.59. The molecule has 1 heterocycles. The molecular formula is C10H10O2S. The molecule has 1 aromatic rings. The highest BCUT2D eigenvalue weighted by molar-refractivity contribution is 8.00. The predicted molar refractivity (Wildman–Crippen MR) is 52.7 cm³/mol. The van der Waals surface area contributed by atoms with E-state index in [1.807, 2.05) is 25.1 Å². The maximum absolute atomic E-state index is 11.3. The van der Waals surface area contributed by atoms with Crippen molar-refractivity contribution in [2.45, 2.75) is 11.8 Å². The average molecular weight is 194 g/mol.